The lowest BCUT2D eigenvalue weighted by molar-refractivity contribution is -0.627. The molecule has 0 saturated heterocycles. The molecule has 0 atom stereocenters. The molecule has 1 heteroatoms. The maximum Gasteiger partial charge on any atom is 0.0753 e. The topological polar surface area (TPSA) is 16.6 Å². The van der Waals surface area contributed by atoms with Crippen molar-refractivity contribution in [3.05, 3.63) is 35.9 Å². The van der Waals surface area contributed by atoms with E-state index < -0.39 is 0 Å². The van der Waals surface area contributed by atoms with Crippen molar-refractivity contribution in [2.75, 3.05) is 13.6 Å². The van der Waals surface area contributed by atoms with Crippen LogP contribution in [0.4, 0.5) is 0 Å². The van der Waals surface area contributed by atoms with Crippen molar-refractivity contribution < 1.29 is 5.32 Å². The summed E-state index contributed by atoms with van der Waals surface area (Å²) >= 11 is 0. The molecule has 0 heterocycles. The third kappa shape index (κ3) is 3.54. The normalized spacial score (nSPS) is 10.1. The van der Waals surface area contributed by atoms with Gasteiger partial charge in [0.25, 0.3) is 0 Å². The van der Waals surface area contributed by atoms with Gasteiger partial charge in [-0.25, -0.2) is 0 Å². The Morgan fingerprint density at radius 3 is 2.50 bits per heavy atom. The van der Waals surface area contributed by atoms with E-state index in [1.54, 1.807) is 0 Å². The number of unbranched alkanes of at least 4 members (excludes halogenated alkanes) is 1. The molecule has 0 saturated carbocycles. The molecule has 0 bridgehead atoms. The Morgan fingerprint density at radius 1 is 1.08 bits per heavy atom. The third-order valence-electron chi connectivity index (χ3n) is 2.05. The first-order valence-electron chi connectivity index (χ1n) is 4.75. The summed E-state index contributed by atoms with van der Waals surface area (Å²) in [5.74, 6) is 0. The fourth-order valence-electron chi connectivity index (χ4n) is 1.32. The van der Waals surface area contributed by atoms with E-state index in [2.05, 4.69) is 42.7 Å². The molecular weight excluding hydrogens is 146 g/mol. The van der Waals surface area contributed by atoms with Crippen molar-refractivity contribution in [2.24, 2.45) is 0 Å². The van der Waals surface area contributed by atoms with Crippen LogP contribution >= 0.6 is 0 Å². The highest BCUT2D eigenvalue weighted by molar-refractivity contribution is 5.14. The lowest BCUT2D eigenvalue weighted by atomic mass is 10.1. The SMILES string of the molecule is C[NH2+]CCCCc1ccccc1. The number of aryl methyl sites for hydroxylation is 1. The minimum atomic E-state index is 1.23. The Morgan fingerprint density at radius 2 is 1.83 bits per heavy atom. The van der Waals surface area contributed by atoms with Gasteiger partial charge in [-0.2, -0.15) is 0 Å². The second-order valence-corrected chi connectivity index (χ2v) is 3.14. The quantitative estimate of drug-likeness (QED) is 0.630. The van der Waals surface area contributed by atoms with Crippen LogP contribution in [0.1, 0.15) is 18.4 Å². The maximum atomic E-state index is 2.24. The lowest BCUT2D eigenvalue weighted by Crippen LogP contribution is -2.79. The molecule has 66 valence electrons. The Hall–Kier alpha value is -0.820. The monoisotopic (exact) mass is 164 g/mol. The molecule has 12 heavy (non-hydrogen) atoms. The van der Waals surface area contributed by atoms with Crippen molar-refractivity contribution in [3.63, 3.8) is 0 Å². The highest BCUT2D eigenvalue weighted by Crippen LogP contribution is 2.02. The zero-order valence-electron chi connectivity index (χ0n) is 7.79. The summed E-state index contributed by atoms with van der Waals surface area (Å²) in [5, 5.41) is 2.24. The van der Waals surface area contributed by atoms with Crippen molar-refractivity contribution in [1.29, 1.82) is 0 Å². The molecule has 0 aliphatic rings. The third-order valence-corrected chi connectivity index (χ3v) is 2.05. The molecular formula is C11H18N+. The van der Waals surface area contributed by atoms with Crippen LogP contribution in [0, 0.1) is 0 Å². The molecule has 0 amide bonds. The second-order valence-electron chi connectivity index (χ2n) is 3.14. The number of quaternary nitrogens is 1. The number of hydrogen-bond acceptors (Lipinski definition) is 0. The first-order chi connectivity index (χ1) is 5.93. The smallest absolute Gasteiger partial charge is 0.0753 e. The van der Waals surface area contributed by atoms with Gasteiger partial charge in [0.05, 0.1) is 13.6 Å². The zero-order valence-corrected chi connectivity index (χ0v) is 7.79. The molecule has 1 aromatic rings. The number of rotatable bonds is 5. The van der Waals surface area contributed by atoms with Gasteiger partial charge in [-0.3, -0.25) is 0 Å². The van der Waals surface area contributed by atoms with E-state index in [4.69, 9.17) is 0 Å². The van der Waals surface area contributed by atoms with E-state index >= 15 is 0 Å². The summed E-state index contributed by atoms with van der Waals surface area (Å²) < 4.78 is 0. The predicted molar refractivity (Wildman–Crippen MR) is 52.1 cm³/mol. The van der Waals surface area contributed by atoms with Crippen molar-refractivity contribution in [1.82, 2.24) is 0 Å². The first kappa shape index (κ1) is 9.27. The van der Waals surface area contributed by atoms with E-state index in [0.29, 0.717) is 0 Å². The van der Waals surface area contributed by atoms with Gasteiger partial charge in [-0.15, -0.1) is 0 Å². The average molecular weight is 164 g/mol. The molecule has 0 radical (unpaired) electrons. The van der Waals surface area contributed by atoms with Crippen LogP contribution in [-0.4, -0.2) is 13.6 Å². The van der Waals surface area contributed by atoms with Crippen LogP contribution in [0.25, 0.3) is 0 Å². The van der Waals surface area contributed by atoms with Crippen LogP contribution < -0.4 is 5.32 Å². The van der Waals surface area contributed by atoms with Crippen LogP contribution in [0.15, 0.2) is 30.3 Å². The van der Waals surface area contributed by atoms with Gasteiger partial charge in [0, 0.05) is 0 Å². The molecule has 1 nitrogen and oxygen atoms in total. The first-order valence-corrected chi connectivity index (χ1v) is 4.75. The van der Waals surface area contributed by atoms with E-state index in [9.17, 15) is 0 Å². The maximum absolute atomic E-state index is 2.24. The summed E-state index contributed by atoms with van der Waals surface area (Å²) in [4.78, 5) is 0. The Kier molecular flexibility index (Phi) is 4.47. The van der Waals surface area contributed by atoms with Gasteiger partial charge in [0.15, 0.2) is 0 Å². The standard InChI is InChI=1S/C11H17N/c1-12-10-6-5-9-11-7-3-2-4-8-11/h2-4,7-8,12H,5-6,9-10H2,1H3/p+1. The molecule has 0 aromatic heterocycles. The summed E-state index contributed by atoms with van der Waals surface area (Å²) in [6.07, 6.45) is 3.87. The van der Waals surface area contributed by atoms with Crippen LogP contribution in [-0.2, 0) is 6.42 Å². The van der Waals surface area contributed by atoms with E-state index in [1.165, 1.54) is 31.4 Å². The Labute approximate surface area is 74.8 Å². The number of benzene rings is 1. The van der Waals surface area contributed by atoms with Gasteiger partial charge in [0.2, 0.25) is 0 Å². The Bertz CT molecular complexity index is 193. The summed E-state index contributed by atoms with van der Waals surface area (Å²) in [7, 11) is 2.13. The fourth-order valence-corrected chi connectivity index (χ4v) is 1.32. The predicted octanol–water partition coefficient (Wildman–Crippen LogP) is 1.20. The van der Waals surface area contributed by atoms with Crippen LogP contribution in [0.3, 0.4) is 0 Å². The van der Waals surface area contributed by atoms with Crippen LogP contribution in [0.2, 0.25) is 0 Å². The average Bonchev–Trinajstić information content (AvgIpc) is 2.14. The number of nitrogens with two attached hydrogens (primary N) is 1. The summed E-state index contributed by atoms with van der Waals surface area (Å²) in [6.45, 7) is 1.26. The summed E-state index contributed by atoms with van der Waals surface area (Å²) in [6, 6.07) is 10.7. The lowest BCUT2D eigenvalue weighted by Gasteiger charge is -1.99. The van der Waals surface area contributed by atoms with E-state index in [0.717, 1.165) is 0 Å². The molecule has 0 aliphatic carbocycles. The molecule has 0 fully saturated rings. The highest BCUT2D eigenvalue weighted by Gasteiger charge is 1.91. The zero-order chi connectivity index (χ0) is 8.65. The molecule has 0 unspecified atom stereocenters. The molecule has 2 N–H and O–H groups in total. The summed E-state index contributed by atoms with van der Waals surface area (Å²) in [5.41, 5.74) is 1.47. The van der Waals surface area contributed by atoms with E-state index in [1.807, 2.05) is 0 Å². The van der Waals surface area contributed by atoms with Crippen LogP contribution in [0.5, 0.6) is 0 Å². The van der Waals surface area contributed by atoms with Gasteiger partial charge < -0.3 is 5.32 Å². The highest BCUT2D eigenvalue weighted by atomic mass is 14.8. The van der Waals surface area contributed by atoms with E-state index in [-0.39, 0.29) is 0 Å². The van der Waals surface area contributed by atoms with Crippen molar-refractivity contribution in [2.45, 2.75) is 19.3 Å². The van der Waals surface area contributed by atoms with Gasteiger partial charge in [-0.05, 0) is 24.8 Å². The molecule has 1 rings (SSSR count). The molecule has 0 aliphatic heterocycles. The van der Waals surface area contributed by atoms with Crippen molar-refractivity contribution in [3.8, 4) is 0 Å². The van der Waals surface area contributed by atoms with Gasteiger partial charge in [-0.1, -0.05) is 30.3 Å². The molecule has 0 spiro atoms. The molecule has 1 aromatic carbocycles. The number of hydrogen-bond donors (Lipinski definition) is 1. The largest absolute Gasteiger partial charge is 0.349 e. The fraction of sp³-hybridized carbons (Fsp3) is 0.455. The minimum Gasteiger partial charge on any atom is -0.349 e. The van der Waals surface area contributed by atoms with Crippen molar-refractivity contribution >= 4 is 0 Å². The van der Waals surface area contributed by atoms with Gasteiger partial charge >= 0.3 is 0 Å². The Balaban J connectivity index is 2.16. The minimum absolute atomic E-state index is 1.23. The second kappa shape index (κ2) is 5.78. The van der Waals surface area contributed by atoms with Gasteiger partial charge in [0.1, 0.15) is 0 Å².